The second-order valence-corrected chi connectivity index (χ2v) is 9.08. The van der Waals surface area contributed by atoms with Crippen molar-refractivity contribution in [3.05, 3.63) is 95.4 Å². The Hall–Kier alpha value is -3.44. The van der Waals surface area contributed by atoms with Gasteiger partial charge in [-0.25, -0.2) is 4.98 Å². The third-order valence-electron chi connectivity index (χ3n) is 4.78. The van der Waals surface area contributed by atoms with Gasteiger partial charge in [0.2, 0.25) is 5.13 Å². The summed E-state index contributed by atoms with van der Waals surface area (Å²) in [6.07, 6.45) is 1.77. The second kappa shape index (κ2) is 9.14. The van der Waals surface area contributed by atoms with Gasteiger partial charge in [-0.2, -0.15) is 5.10 Å². The van der Waals surface area contributed by atoms with Crippen LogP contribution in [0.25, 0.3) is 11.3 Å². The summed E-state index contributed by atoms with van der Waals surface area (Å²) in [5, 5.41) is 7.08. The summed E-state index contributed by atoms with van der Waals surface area (Å²) in [5.41, 5.74) is 7.44. The fourth-order valence-corrected chi connectivity index (χ4v) is 3.68. The predicted molar refractivity (Wildman–Crippen MR) is 130 cm³/mol. The van der Waals surface area contributed by atoms with Crippen molar-refractivity contribution in [3.8, 4) is 22.8 Å². The van der Waals surface area contributed by atoms with Crippen molar-refractivity contribution in [1.29, 1.82) is 0 Å². The first kappa shape index (κ1) is 20.8. The van der Waals surface area contributed by atoms with E-state index in [9.17, 15) is 0 Å². The first-order valence-electron chi connectivity index (χ1n) is 10.2. The maximum atomic E-state index is 5.95. The Bertz CT molecular complexity index is 1140. The van der Waals surface area contributed by atoms with Crippen LogP contribution in [-0.2, 0) is 5.41 Å². The average molecular weight is 428 g/mol. The van der Waals surface area contributed by atoms with Gasteiger partial charge in [0.1, 0.15) is 11.5 Å². The van der Waals surface area contributed by atoms with E-state index in [1.807, 2.05) is 72.1 Å². The van der Waals surface area contributed by atoms with Crippen LogP contribution in [-0.4, -0.2) is 11.2 Å². The molecule has 31 heavy (non-hydrogen) atoms. The number of nitrogens with one attached hydrogen (secondary N) is 1. The molecular weight excluding hydrogens is 402 g/mol. The molecule has 0 aliphatic heterocycles. The van der Waals surface area contributed by atoms with E-state index in [0.29, 0.717) is 0 Å². The maximum absolute atomic E-state index is 5.95. The summed E-state index contributed by atoms with van der Waals surface area (Å²) in [5.74, 6) is 1.62. The highest BCUT2D eigenvalue weighted by atomic mass is 32.1. The number of thiazole rings is 1. The third kappa shape index (κ3) is 5.58. The molecule has 0 radical (unpaired) electrons. The van der Waals surface area contributed by atoms with Gasteiger partial charge in [0.05, 0.1) is 11.9 Å². The zero-order valence-corrected chi connectivity index (χ0v) is 18.7. The minimum Gasteiger partial charge on any atom is -0.457 e. The molecule has 3 aromatic carbocycles. The number of hydrogen-bond acceptors (Lipinski definition) is 5. The smallest absolute Gasteiger partial charge is 0.203 e. The lowest BCUT2D eigenvalue weighted by Gasteiger charge is -2.19. The molecule has 0 spiro atoms. The third-order valence-corrected chi connectivity index (χ3v) is 5.53. The standard InChI is InChI=1S/C26H25N3OS/c1-26(2,3)21-11-15-23(16-12-21)30-22-13-9-19(10-14-22)17-27-29-25-28-24(18-31-25)20-7-5-4-6-8-20/h4-18H,1-3H3,(H,28,29). The van der Waals surface area contributed by atoms with Crippen molar-refractivity contribution in [3.63, 3.8) is 0 Å². The van der Waals surface area contributed by atoms with Gasteiger partial charge in [-0.05, 0) is 52.9 Å². The van der Waals surface area contributed by atoms with E-state index < -0.39 is 0 Å². The predicted octanol–water partition coefficient (Wildman–Crippen LogP) is 7.35. The van der Waals surface area contributed by atoms with Crippen LogP contribution >= 0.6 is 11.3 Å². The summed E-state index contributed by atoms with van der Waals surface area (Å²) in [7, 11) is 0. The number of hydrogen-bond donors (Lipinski definition) is 1. The van der Waals surface area contributed by atoms with Crippen molar-refractivity contribution >= 4 is 22.7 Å². The van der Waals surface area contributed by atoms with E-state index in [1.165, 1.54) is 16.9 Å². The van der Waals surface area contributed by atoms with Crippen LogP contribution in [0.4, 0.5) is 5.13 Å². The van der Waals surface area contributed by atoms with Gasteiger partial charge in [0.15, 0.2) is 0 Å². The fraction of sp³-hybridized carbons (Fsp3) is 0.154. The molecule has 4 aromatic rings. The normalized spacial score (nSPS) is 11.6. The number of anilines is 1. The zero-order valence-electron chi connectivity index (χ0n) is 17.9. The molecule has 5 heteroatoms. The molecule has 0 amide bonds. The average Bonchev–Trinajstić information content (AvgIpc) is 3.24. The van der Waals surface area contributed by atoms with Crippen LogP contribution in [0.5, 0.6) is 11.5 Å². The van der Waals surface area contributed by atoms with Gasteiger partial charge in [-0.1, -0.05) is 63.2 Å². The lowest BCUT2D eigenvalue weighted by atomic mass is 9.87. The molecule has 0 aliphatic carbocycles. The lowest BCUT2D eigenvalue weighted by molar-refractivity contribution is 0.481. The quantitative estimate of drug-likeness (QED) is 0.258. The Kier molecular flexibility index (Phi) is 6.14. The zero-order chi connectivity index (χ0) is 21.7. The molecule has 0 saturated carbocycles. The highest BCUT2D eigenvalue weighted by Crippen LogP contribution is 2.27. The number of rotatable bonds is 6. The van der Waals surface area contributed by atoms with Crippen LogP contribution in [0, 0.1) is 0 Å². The Morgan fingerprint density at radius 3 is 2.16 bits per heavy atom. The Morgan fingerprint density at radius 1 is 0.871 bits per heavy atom. The minimum atomic E-state index is 0.134. The van der Waals surface area contributed by atoms with Crippen molar-refractivity contribution in [2.24, 2.45) is 5.10 Å². The van der Waals surface area contributed by atoms with Crippen LogP contribution < -0.4 is 10.2 Å². The Balaban J connectivity index is 1.33. The number of nitrogens with zero attached hydrogens (tertiary/aromatic N) is 2. The summed E-state index contributed by atoms with van der Waals surface area (Å²) in [6, 6.07) is 26.2. The van der Waals surface area contributed by atoms with Gasteiger partial charge < -0.3 is 4.74 Å². The van der Waals surface area contributed by atoms with E-state index in [0.717, 1.165) is 33.5 Å². The molecule has 4 nitrogen and oxygen atoms in total. The number of aromatic nitrogens is 1. The molecule has 0 aliphatic rings. The molecule has 4 rings (SSSR count). The molecule has 0 unspecified atom stereocenters. The molecule has 0 bridgehead atoms. The highest BCUT2D eigenvalue weighted by Gasteiger charge is 2.13. The molecule has 1 aromatic heterocycles. The van der Waals surface area contributed by atoms with Crippen molar-refractivity contribution in [2.75, 3.05) is 5.43 Å². The second-order valence-electron chi connectivity index (χ2n) is 8.22. The molecule has 0 fully saturated rings. The van der Waals surface area contributed by atoms with E-state index in [2.05, 4.69) is 48.4 Å². The molecule has 0 saturated heterocycles. The minimum absolute atomic E-state index is 0.134. The van der Waals surface area contributed by atoms with Crippen LogP contribution in [0.3, 0.4) is 0 Å². The van der Waals surface area contributed by atoms with E-state index >= 15 is 0 Å². The maximum Gasteiger partial charge on any atom is 0.203 e. The van der Waals surface area contributed by atoms with E-state index in [1.54, 1.807) is 6.21 Å². The first-order chi connectivity index (χ1) is 15.0. The van der Waals surface area contributed by atoms with Crippen molar-refractivity contribution < 1.29 is 4.74 Å². The molecule has 1 N–H and O–H groups in total. The SMILES string of the molecule is CC(C)(C)c1ccc(Oc2ccc(C=NNc3nc(-c4ccccc4)cs3)cc2)cc1. The molecule has 156 valence electrons. The van der Waals surface area contributed by atoms with Gasteiger partial charge in [0, 0.05) is 10.9 Å². The Morgan fingerprint density at radius 2 is 1.52 bits per heavy atom. The topological polar surface area (TPSA) is 46.5 Å². The van der Waals surface area contributed by atoms with Gasteiger partial charge in [0.25, 0.3) is 0 Å². The molecule has 0 atom stereocenters. The largest absolute Gasteiger partial charge is 0.457 e. The van der Waals surface area contributed by atoms with Gasteiger partial charge in [-0.3, -0.25) is 5.43 Å². The monoisotopic (exact) mass is 427 g/mol. The number of hydrazone groups is 1. The van der Waals surface area contributed by atoms with E-state index in [4.69, 9.17) is 4.74 Å². The number of ether oxygens (including phenoxy) is 1. The summed E-state index contributed by atoms with van der Waals surface area (Å²) >= 11 is 1.53. The fourth-order valence-electron chi connectivity index (χ4n) is 3.01. The highest BCUT2D eigenvalue weighted by molar-refractivity contribution is 7.14. The van der Waals surface area contributed by atoms with E-state index in [-0.39, 0.29) is 5.41 Å². The van der Waals surface area contributed by atoms with Crippen molar-refractivity contribution in [2.45, 2.75) is 26.2 Å². The number of benzene rings is 3. The lowest BCUT2D eigenvalue weighted by Crippen LogP contribution is -2.10. The van der Waals surface area contributed by atoms with Crippen LogP contribution in [0.2, 0.25) is 0 Å². The Labute approximate surface area is 187 Å². The first-order valence-corrected chi connectivity index (χ1v) is 11.0. The summed E-state index contributed by atoms with van der Waals surface area (Å²) in [4.78, 5) is 4.57. The van der Waals surface area contributed by atoms with Crippen molar-refractivity contribution in [1.82, 2.24) is 4.98 Å². The van der Waals surface area contributed by atoms with Gasteiger partial charge >= 0.3 is 0 Å². The molecule has 1 heterocycles. The van der Waals surface area contributed by atoms with Gasteiger partial charge in [-0.15, -0.1) is 11.3 Å². The van der Waals surface area contributed by atoms with Crippen LogP contribution in [0.15, 0.2) is 89.3 Å². The van der Waals surface area contributed by atoms with Crippen LogP contribution in [0.1, 0.15) is 31.9 Å². The molecular formula is C26H25N3OS. The summed E-state index contributed by atoms with van der Waals surface area (Å²) in [6.45, 7) is 6.61. The summed E-state index contributed by atoms with van der Waals surface area (Å²) < 4.78 is 5.95.